The van der Waals surface area contributed by atoms with Crippen LogP contribution >= 0.6 is 0 Å². The van der Waals surface area contributed by atoms with E-state index in [1.807, 2.05) is 18.2 Å². The van der Waals surface area contributed by atoms with Crippen molar-refractivity contribution in [2.24, 2.45) is 0 Å². The fourth-order valence-electron chi connectivity index (χ4n) is 4.36. The summed E-state index contributed by atoms with van der Waals surface area (Å²) in [4.78, 5) is 2.69. The summed E-state index contributed by atoms with van der Waals surface area (Å²) in [5.74, 6) is 1.70. The second-order valence-corrected chi connectivity index (χ2v) is 7.78. The number of benzene rings is 2. The minimum Gasteiger partial charge on any atom is -0.490 e. The van der Waals surface area contributed by atoms with Gasteiger partial charge in [-0.3, -0.25) is 4.90 Å². The summed E-state index contributed by atoms with van der Waals surface area (Å²) in [7, 11) is 0. The number of rotatable bonds is 9. The Morgan fingerprint density at radius 2 is 1.75 bits per heavy atom. The van der Waals surface area contributed by atoms with Gasteiger partial charge in [-0.05, 0) is 62.4 Å². The highest BCUT2D eigenvalue weighted by Crippen LogP contribution is 2.34. The number of ether oxygens (including phenoxy) is 3. The second kappa shape index (κ2) is 9.44. The molecule has 4 heteroatoms. The summed E-state index contributed by atoms with van der Waals surface area (Å²) in [6.07, 6.45) is 5.81. The first-order valence-corrected chi connectivity index (χ1v) is 10.6. The van der Waals surface area contributed by atoms with Gasteiger partial charge in [0, 0.05) is 11.6 Å². The Hall–Kier alpha value is -2.04. The van der Waals surface area contributed by atoms with E-state index in [1.54, 1.807) is 0 Å². The largest absolute Gasteiger partial charge is 0.490 e. The zero-order chi connectivity index (χ0) is 19.2. The number of para-hydroxylation sites is 1. The molecule has 0 radical (unpaired) electrons. The molecule has 0 atom stereocenters. The molecule has 2 aromatic carbocycles. The smallest absolute Gasteiger partial charge is 0.189 e. The van der Waals surface area contributed by atoms with E-state index >= 15 is 0 Å². The molecule has 0 N–H and O–H groups in total. The van der Waals surface area contributed by atoms with Gasteiger partial charge < -0.3 is 14.2 Å². The molecule has 4 nitrogen and oxygen atoms in total. The van der Waals surface area contributed by atoms with Crippen LogP contribution in [0, 0.1) is 0 Å². The van der Waals surface area contributed by atoms with Crippen LogP contribution in [0.15, 0.2) is 42.5 Å². The summed E-state index contributed by atoms with van der Waals surface area (Å²) >= 11 is 0. The van der Waals surface area contributed by atoms with Gasteiger partial charge in [0.05, 0.1) is 13.2 Å². The standard InChI is InChI=1S/C24H31NO3/c1-2-12-25(22-15-19-8-3-4-9-20(19)16-22)13-5-6-14-27-23-11-7-10-21-17-26-18-28-24(21)23/h3-4,7-11,22H,2,5-6,12-18H2,1H3. The van der Waals surface area contributed by atoms with E-state index in [4.69, 9.17) is 14.2 Å². The van der Waals surface area contributed by atoms with Crippen LogP contribution in [0.2, 0.25) is 0 Å². The molecule has 2 aromatic rings. The molecule has 28 heavy (non-hydrogen) atoms. The Balaban J connectivity index is 1.24. The van der Waals surface area contributed by atoms with Crippen molar-refractivity contribution in [3.8, 4) is 11.5 Å². The third-order valence-electron chi connectivity index (χ3n) is 5.76. The lowest BCUT2D eigenvalue weighted by Gasteiger charge is -2.28. The van der Waals surface area contributed by atoms with Crippen molar-refractivity contribution in [3.05, 3.63) is 59.2 Å². The quantitative estimate of drug-likeness (QED) is 0.595. The van der Waals surface area contributed by atoms with Gasteiger partial charge in [0.15, 0.2) is 18.3 Å². The first kappa shape index (κ1) is 19.3. The molecule has 0 amide bonds. The maximum atomic E-state index is 6.02. The first-order valence-electron chi connectivity index (χ1n) is 10.6. The number of hydrogen-bond acceptors (Lipinski definition) is 4. The second-order valence-electron chi connectivity index (χ2n) is 7.78. The molecule has 1 aliphatic carbocycles. The monoisotopic (exact) mass is 381 g/mol. The van der Waals surface area contributed by atoms with Crippen LogP contribution in [-0.4, -0.2) is 37.4 Å². The van der Waals surface area contributed by atoms with Gasteiger partial charge in [0.1, 0.15) is 0 Å². The lowest BCUT2D eigenvalue weighted by molar-refractivity contribution is -0.0184. The zero-order valence-electron chi connectivity index (χ0n) is 16.9. The number of hydrogen-bond donors (Lipinski definition) is 0. The van der Waals surface area contributed by atoms with Crippen LogP contribution in [0.4, 0.5) is 0 Å². The van der Waals surface area contributed by atoms with E-state index in [-0.39, 0.29) is 0 Å². The Labute approximate surface area is 168 Å². The van der Waals surface area contributed by atoms with Crippen LogP contribution in [0.5, 0.6) is 11.5 Å². The summed E-state index contributed by atoms with van der Waals surface area (Å²) in [6, 6.07) is 15.6. The fraction of sp³-hybridized carbons (Fsp3) is 0.500. The molecule has 0 saturated carbocycles. The molecule has 2 aliphatic rings. The van der Waals surface area contributed by atoms with Crippen molar-refractivity contribution in [3.63, 3.8) is 0 Å². The highest BCUT2D eigenvalue weighted by molar-refractivity contribution is 5.46. The van der Waals surface area contributed by atoms with Gasteiger partial charge in [-0.15, -0.1) is 0 Å². The van der Waals surface area contributed by atoms with E-state index in [1.165, 1.54) is 36.9 Å². The molecular weight excluding hydrogens is 350 g/mol. The molecule has 4 rings (SSSR count). The van der Waals surface area contributed by atoms with Gasteiger partial charge in [0.2, 0.25) is 0 Å². The van der Waals surface area contributed by atoms with Gasteiger partial charge in [-0.1, -0.05) is 43.3 Å². The molecule has 150 valence electrons. The Morgan fingerprint density at radius 1 is 0.964 bits per heavy atom. The van der Waals surface area contributed by atoms with E-state index in [0.29, 0.717) is 19.4 Å². The van der Waals surface area contributed by atoms with E-state index in [9.17, 15) is 0 Å². The van der Waals surface area contributed by atoms with Crippen molar-refractivity contribution < 1.29 is 14.2 Å². The highest BCUT2D eigenvalue weighted by Gasteiger charge is 2.25. The minimum absolute atomic E-state index is 0.309. The lowest BCUT2D eigenvalue weighted by atomic mass is 10.1. The number of nitrogens with zero attached hydrogens (tertiary/aromatic N) is 1. The molecule has 0 saturated heterocycles. The lowest BCUT2D eigenvalue weighted by Crippen LogP contribution is -2.37. The first-order chi connectivity index (χ1) is 13.8. The molecule has 0 spiro atoms. The average Bonchev–Trinajstić information content (AvgIpc) is 3.17. The van der Waals surface area contributed by atoms with Crippen molar-refractivity contribution in [1.29, 1.82) is 0 Å². The molecular formula is C24H31NO3. The predicted octanol–water partition coefficient (Wildman–Crippen LogP) is 4.59. The van der Waals surface area contributed by atoms with Crippen LogP contribution in [0.25, 0.3) is 0 Å². The average molecular weight is 382 g/mol. The van der Waals surface area contributed by atoms with E-state index in [0.717, 1.165) is 43.1 Å². The number of fused-ring (bicyclic) bond motifs is 2. The van der Waals surface area contributed by atoms with Gasteiger partial charge in [-0.2, -0.15) is 0 Å². The predicted molar refractivity (Wildman–Crippen MR) is 111 cm³/mol. The zero-order valence-corrected chi connectivity index (χ0v) is 16.9. The van der Waals surface area contributed by atoms with Crippen LogP contribution in [-0.2, 0) is 24.2 Å². The highest BCUT2D eigenvalue weighted by atomic mass is 16.7. The Kier molecular flexibility index (Phi) is 6.50. The number of unbranched alkanes of at least 4 members (excludes halogenated alkanes) is 1. The van der Waals surface area contributed by atoms with E-state index in [2.05, 4.69) is 36.1 Å². The van der Waals surface area contributed by atoms with Crippen LogP contribution in [0.3, 0.4) is 0 Å². The summed E-state index contributed by atoms with van der Waals surface area (Å²) in [5.41, 5.74) is 4.14. The molecule has 0 aromatic heterocycles. The molecule has 0 fully saturated rings. The summed E-state index contributed by atoms with van der Waals surface area (Å²) in [6.45, 7) is 6.24. The normalized spacial score (nSPS) is 15.9. The van der Waals surface area contributed by atoms with Gasteiger partial charge in [0.25, 0.3) is 0 Å². The van der Waals surface area contributed by atoms with Crippen LogP contribution < -0.4 is 9.47 Å². The van der Waals surface area contributed by atoms with Crippen molar-refractivity contribution in [2.75, 3.05) is 26.5 Å². The maximum absolute atomic E-state index is 6.02. The minimum atomic E-state index is 0.309. The topological polar surface area (TPSA) is 30.9 Å². The van der Waals surface area contributed by atoms with Crippen molar-refractivity contribution in [1.82, 2.24) is 4.90 Å². The molecule has 0 unspecified atom stereocenters. The summed E-state index contributed by atoms with van der Waals surface area (Å²) in [5, 5.41) is 0. The fourth-order valence-corrected chi connectivity index (χ4v) is 4.36. The maximum Gasteiger partial charge on any atom is 0.189 e. The third-order valence-corrected chi connectivity index (χ3v) is 5.76. The van der Waals surface area contributed by atoms with Crippen molar-refractivity contribution in [2.45, 2.75) is 51.7 Å². The Morgan fingerprint density at radius 3 is 2.54 bits per heavy atom. The SMILES string of the molecule is CCCN(CCCCOc1cccc2c1OCOC2)C1Cc2ccccc2C1. The molecule has 0 bridgehead atoms. The van der Waals surface area contributed by atoms with E-state index < -0.39 is 0 Å². The Bertz CT molecular complexity index is 751. The third kappa shape index (κ3) is 4.50. The molecule has 1 aliphatic heterocycles. The molecule has 1 heterocycles. The summed E-state index contributed by atoms with van der Waals surface area (Å²) < 4.78 is 17.0. The van der Waals surface area contributed by atoms with Gasteiger partial charge >= 0.3 is 0 Å². The van der Waals surface area contributed by atoms with Crippen molar-refractivity contribution >= 4 is 0 Å². The van der Waals surface area contributed by atoms with Crippen LogP contribution in [0.1, 0.15) is 42.9 Å². The van der Waals surface area contributed by atoms with Gasteiger partial charge in [-0.25, -0.2) is 0 Å².